The topological polar surface area (TPSA) is 12.0 Å². The van der Waals surface area contributed by atoms with Gasteiger partial charge in [0.15, 0.2) is 0 Å². The van der Waals surface area contributed by atoms with Gasteiger partial charge in [-0.25, -0.2) is 0 Å². The summed E-state index contributed by atoms with van der Waals surface area (Å²) in [7, 11) is 0. The van der Waals surface area contributed by atoms with Crippen LogP contribution in [0.1, 0.15) is 65.2 Å². The Labute approximate surface area is 101 Å². The average Bonchev–Trinajstić information content (AvgIpc) is 2.78. The highest BCUT2D eigenvalue weighted by Gasteiger charge is 2.32. The summed E-state index contributed by atoms with van der Waals surface area (Å²) in [5.74, 6) is 3.19. The van der Waals surface area contributed by atoms with E-state index >= 15 is 0 Å². The van der Waals surface area contributed by atoms with E-state index in [4.69, 9.17) is 0 Å². The molecule has 2 aliphatic carbocycles. The van der Waals surface area contributed by atoms with Crippen molar-refractivity contribution in [3.05, 3.63) is 0 Å². The smallest absolute Gasteiger partial charge is 0.00697 e. The first-order chi connectivity index (χ1) is 7.83. The summed E-state index contributed by atoms with van der Waals surface area (Å²) in [6, 6.07) is 0.846. The molecule has 1 heteroatoms. The Balaban J connectivity index is 1.73. The van der Waals surface area contributed by atoms with Crippen LogP contribution in [0, 0.1) is 17.8 Å². The fourth-order valence-corrected chi connectivity index (χ4v) is 3.99. The van der Waals surface area contributed by atoms with E-state index in [1.54, 1.807) is 0 Å². The van der Waals surface area contributed by atoms with Crippen molar-refractivity contribution in [2.45, 2.75) is 71.3 Å². The molecule has 2 unspecified atom stereocenters. The first-order valence-corrected chi connectivity index (χ1v) is 7.56. The van der Waals surface area contributed by atoms with Gasteiger partial charge in [-0.1, -0.05) is 33.1 Å². The molecule has 16 heavy (non-hydrogen) atoms. The van der Waals surface area contributed by atoms with Crippen LogP contribution in [-0.4, -0.2) is 12.6 Å². The summed E-state index contributed by atoms with van der Waals surface area (Å²) in [5, 5.41) is 3.63. The number of hydrogen-bond acceptors (Lipinski definition) is 1. The zero-order valence-electron chi connectivity index (χ0n) is 11.2. The van der Waals surface area contributed by atoms with E-state index in [0.717, 1.165) is 30.3 Å². The van der Waals surface area contributed by atoms with Gasteiger partial charge in [0.05, 0.1) is 0 Å². The molecule has 0 radical (unpaired) electrons. The highest BCUT2D eigenvalue weighted by atomic mass is 14.9. The molecule has 0 amide bonds. The van der Waals surface area contributed by atoms with Gasteiger partial charge in [0.2, 0.25) is 0 Å². The van der Waals surface area contributed by atoms with E-state index in [2.05, 4.69) is 19.2 Å². The second-order valence-electron chi connectivity index (χ2n) is 6.02. The normalized spacial score (nSPS) is 40.1. The number of hydrogen-bond donors (Lipinski definition) is 1. The average molecular weight is 223 g/mol. The molecule has 2 saturated carbocycles. The predicted molar refractivity (Wildman–Crippen MR) is 70.5 cm³/mol. The van der Waals surface area contributed by atoms with E-state index in [9.17, 15) is 0 Å². The lowest BCUT2D eigenvalue weighted by Gasteiger charge is -2.32. The largest absolute Gasteiger partial charge is 0.314 e. The fourth-order valence-electron chi connectivity index (χ4n) is 3.99. The number of rotatable bonds is 4. The maximum absolute atomic E-state index is 3.63. The molecule has 0 heterocycles. The van der Waals surface area contributed by atoms with Crippen molar-refractivity contribution in [2.75, 3.05) is 6.54 Å². The van der Waals surface area contributed by atoms with Gasteiger partial charge in [-0.15, -0.1) is 0 Å². The van der Waals surface area contributed by atoms with Gasteiger partial charge >= 0.3 is 0 Å². The van der Waals surface area contributed by atoms with Crippen molar-refractivity contribution in [2.24, 2.45) is 17.8 Å². The van der Waals surface area contributed by atoms with Gasteiger partial charge in [0.1, 0.15) is 0 Å². The molecule has 0 aromatic carbocycles. The quantitative estimate of drug-likeness (QED) is 0.760. The molecule has 94 valence electrons. The summed E-state index contributed by atoms with van der Waals surface area (Å²) in [6.07, 6.45) is 11.9. The van der Waals surface area contributed by atoms with Gasteiger partial charge < -0.3 is 5.32 Å². The second kappa shape index (κ2) is 6.05. The molecule has 0 bridgehead atoms. The third-order valence-corrected chi connectivity index (χ3v) is 5.10. The van der Waals surface area contributed by atoms with Crippen molar-refractivity contribution in [1.82, 2.24) is 5.32 Å². The molecule has 0 saturated heterocycles. The van der Waals surface area contributed by atoms with Crippen LogP contribution < -0.4 is 5.32 Å². The maximum Gasteiger partial charge on any atom is 0.00697 e. The lowest BCUT2D eigenvalue weighted by atomic mass is 9.74. The van der Waals surface area contributed by atoms with Crippen molar-refractivity contribution in [3.63, 3.8) is 0 Å². The van der Waals surface area contributed by atoms with E-state index in [1.165, 1.54) is 51.4 Å². The summed E-state index contributed by atoms with van der Waals surface area (Å²) in [6.45, 7) is 5.75. The molecule has 1 nitrogen and oxygen atoms in total. The summed E-state index contributed by atoms with van der Waals surface area (Å²) in [4.78, 5) is 0. The summed E-state index contributed by atoms with van der Waals surface area (Å²) in [5.41, 5.74) is 0. The Morgan fingerprint density at radius 1 is 0.875 bits per heavy atom. The zero-order valence-corrected chi connectivity index (χ0v) is 11.2. The molecule has 2 fully saturated rings. The predicted octanol–water partition coefficient (Wildman–Crippen LogP) is 3.98. The Morgan fingerprint density at radius 2 is 1.56 bits per heavy atom. The number of nitrogens with one attached hydrogen (secondary N) is 1. The van der Waals surface area contributed by atoms with E-state index in [0.29, 0.717) is 0 Å². The maximum atomic E-state index is 3.63. The van der Waals surface area contributed by atoms with E-state index in [-0.39, 0.29) is 0 Å². The Bertz CT molecular complexity index is 194. The molecule has 0 spiro atoms. The molecule has 2 aliphatic rings. The van der Waals surface area contributed by atoms with Crippen molar-refractivity contribution in [1.29, 1.82) is 0 Å². The fraction of sp³-hybridized carbons (Fsp3) is 1.00. The summed E-state index contributed by atoms with van der Waals surface area (Å²) >= 11 is 0. The van der Waals surface area contributed by atoms with Gasteiger partial charge in [-0.2, -0.15) is 0 Å². The van der Waals surface area contributed by atoms with Crippen LogP contribution in [-0.2, 0) is 0 Å². The van der Waals surface area contributed by atoms with Gasteiger partial charge in [0, 0.05) is 6.04 Å². The van der Waals surface area contributed by atoms with Crippen LogP contribution >= 0.6 is 0 Å². The van der Waals surface area contributed by atoms with Crippen LogP contribution in [0.15, 0.2) is 0 Å². The lowest BCUT2D eigenvalue weighted by Crippen LogP contribution is -2.27. The highest BCUT2D eigenvalue weighted by Crippen LogP contribution is 2.41. The Kier molecular flexibility index (Phi) is 4.69. The SMILES string of the molecule is CCNC1CCC(C2CCC(CC)CC2)C1. The van der Waals surface area contributed by atoms with Crippen LogP contribution in [0.2, 0.25) is 0 Å². The molecule has 2 rings (SSSR count). The van der Waals surface area contributed by atoms with Gasteiger partial charge in [0.25, 0.3) is 0 Å². The van der Waals surface area contributed by atoms with Crippen molar-refractivity contribution >= 4 is 0 Å². The minimum absolute atomic E-state index is 0.846. The zero-order chi connectivity index (χ0) is 11.4. The van der Waals surface area contributed by atoms with Crippen LogP contribution in [0.4, 0.5) is 0 Å². The van der Waals surface area contributed by atoms with Crippen molar-refractivity contribution in [3.8, 4) is 0 Å². The minimum atomic E-state index is 0.846. The lowest BCUT2D eigenvalue weighted by molar-refractivity contribution is 0.201. The van der Waals surface area contributed by atoms with E-state index in [1.807, 2.05) is 0 Å². The van der Waals surface area contributed by atoms with Crippen LogP contribution in [0.25, 0.3) is 0 Å². The first kappa shape index (κ1) is 12.4. The summed E-state index contributed by atoms with van der Waals surface area (Å²) < 4.78 is 0. The third-order valence-electron chi connectivity index (χ3n) is 5.10. The molecule has 2 atom stereocenters. The monoisotopic (exact) mass is 223 g/mol. The van der Waals surface area contributed by atoms with Crippen LogP contribution in [0.5, 0.6) is 0 Å². The van der Waals surface area contributed by atoms with E-state index < -0.39 is 0 Å². The molecular formula is C15H29N. The van der Waals surface area contributed by atoms with Gasteiger partial charge in [-0.3, -0.25) is 0 Å². The first-order valence-electron chi connectivity index (χ1n) is 7.56. The van der Waals surface area contributed by atoms with Crippen molar-refractivity contribution < 1.29 is 0 Å². The molecule has 0 aliphatic heterocycles. The molecule has 0 aromatic heterocycles. The second-order valence-corrected chi connectivity index (χ2v) is 6.02. The van der Waals surface area contributed by atoms with Crippen LogP contribution in [0.3, 0.4) is 0 Å². The van der Waals surface area contributed by atoms with Gasteiger partial charge in [-0.05, 0) is 56.4 Å². The minimum Gasteiger partial charge on any atom is -0.314 e. The highest BCUT2D eigenvalue weighted by molar-refractivity contribution is 4.86. The third kappa shape index (κ3) is 3.00. The molecule has 1 N–H and O–H groups in total. The Hall–Kier alpha value is -0.0400. The Morgan fingerprint density at radius 3 is 2.19 bits per heavy atom. The molecule has 0 aromatic rings. The molecular weight excluding hydrogens is 194 g/mol. The standard InChI is InChI=1S/C15H29N/c1-3-12-5-7-13(8-6-12)14-9-10-15(11-14)16-4-2/h12-16H,3-11H2,1-2H3.